The second-order valence-corrected chi connectivity index (χ2v) is 14.7. The maximum Gasteiger partial charge on any atom is 0.243 e. The molecule has 1 aliphatic carbocycles. The lowest BCUT2D eigenvalue weighted by molar-refractivity contribution is -0.138. The maximum atomic E-state index is 14.2. The smallest absolute Gasteiger partial charge is 0.243 e. The molecule has 2 aliphatic heterocycles. The summed E-state index contributed by atoms with van der Waals surface area (Å²) in [5, 5.41) is 0. The topological polar surface area (TPSA) is 96.2 Å². The van der Waals surface area contributed by atoms with E-state index >= 15 is 0 Å². The molecule has 45 heavy (non-hydrogen) atoms. The first-order valence-electron chi connectivity index (χ1n) is 16.5. The Balaban J connectivity index is 1.26. The monoisotopic (exact) mass is 630 g/mol. The van der Waals surface area contributed by atoms with Gasteiger partial charge in [-0.3, -0.25) is 9.69 Å². The number of nitrogens with zero attached hydrogens (tertiary/aromatic N) is 3. The Morgan fingerprint density at radius 3 is 1.98 bits per heavy atom. The van der Waals surface area contributed by atoms with Crippen molar-refractivity contribution in [1.29, 1.82) is 0 Å². The third kappa shape index (κ3) is 7.43. The molecule has 3 aromatic rings. The molecule has 8 nitrogen and oxygen atoms in total. The Bertz CT molecular complexity index is 1450. The van der Waals surface area contributed by atoms with E-state index in [-0.39, 0.29) is 36.0 Å². The van der Waals surface area contributed by atoms with Crippen LogP contribution in [0.1, 0.15) is 62.1 Å². The van der Waals surface area contributed by atoms with Gasteiger partial charge in [0.15, 0.2) is 0 Å². The number of nitrogens with two attached hydrogens (primary N) is 1. The fraction of sp³-hybridized carbons (Fsp3) is 0.472. The van der Waals surface area contributed by atoms with Crippen LogP contribution in [0.15, 0.2) is 89.8 Å². The largest absolute Gasteiger partial charge is 0.493 e. The zero-order chi connectivity index (χ0) is 31.2. The van der Waals surface area contributed by atoms with Crippen LogP contribution < -0.4 is 10.5 Å². The molecule has 9 heteroatoms. The van der Waals surface area contributed by atoms with Gasteiger partial charge in [0.05, 0.1) is 17.5 Å². The number of ether oxygens (including phenoxy) is 1. The Kier molecular flexibility index (Phi) is 10.2. The SMILES string of the molecule is NC1CCN(C(=O)[C@H]2CN(C(c3ccccc3)c3ccccc3)CCN2S(=O)(=O)c2ccc(OCC3CCCCC3)cc2)CC1. The van der Waals surface area contributed by atoms with Crippen molar-refractivity contribution in [3.63, 3.8) is 0 Å². The van der Waals surface area contributed by atoms with Gasteiger partial charge in [0, 0.05) is 38.8 Å². The van der Waals surface area contributed by atoms with E-state index in [2.05, 4.69) is 29.2 Å². The Hall–Kier alpha value is -3.24. The molecule has 2 heterocycles. The Morgan fingerprint density at radius 1 is 0.778 bits per heavy atom. The molecule has 3 fully saturated rings. The molecule has 240 valence electrons. The molecule has 0 bridgehead atoms. The van der Waals surface area contributed by atoms with Crippen molar-refractivity contribution < 1.29 is 17.9 Å². The molecule has 1 atom stereocenters. The van der Waals surface area contributed by atoms with E-state index in [1.54, 1.807) is 24.3 Å². The minimum atomic E-state index is -3.96. The van der Waals surface area contributed by atoms with Gasteiger partial charge in [-0.25, -0.2) is 8.42 Å². The van der Waals surface area contributed by atoms with Crippen molar-refractivity contribution in [3.05, 3.63) is 96.1 Å². The van der Waals surface area contributed by atoms with Crippen molar-refractivity contribution in [3.8, 4) is 5.75 Å². The number of amides is 1. The van der Waals surface area contributed by atoms with Crippen molar-refractivity contribution in [2.45, 2.75) is 68.0 Å². The van der Waals surface area contributed by atoms with Gasteiger partial charge in [0.25, 0.3) is 0 Å². The fourth-order valence-electron chi connectivity index (χ4n) is 7.14. The van der Waals surface area contributed by atoms with E-state index in [4.69, 9.17) is 10.5 Å². The van der Waals surface area contributed by atoms with E-state index in [0.717, 1.165) is 11.1 Å². The van der Waals surface area contributed by atoms with E-state index in [0.29, 0.717) is 50.8 Å². The van der Waals surface area contributed by atoms with Gasteiger partial charge >= 0.3 is 0 Å². The molecule has 1 amide bonds. The first-order chi connectivity index (χ1) is 21.9. The van der Waals surface area contributed by atoms with E-state index in [1.165, 1.54) is 36.4 Å². The highest BCUT2D eigenvalue weighted by atomic mass is 32.2. The predicted octanol–water partition coefficient (Wildman–Crippen LogP) is 5.06. The number of carbonyl (C=O) groups is 1. The lowest BCUT2D eigenvalue weighted by Gasteiger charge is -2.45. The molecular formula is C36H46N4O4S. The van der Waals surface area contributed by atoms with E-state index < -0.39 is 16.1 Å². The highest BCUT2D eigenvalue weighted by Crippen LogP contribution is 2.33. The number of hydrogen-bond donors (Lipinski definition) is 1. The van der Waals surface area contributed by atoms with E-state index in [9.17, 15) is 13.2 Å². The van der Waals surface area contributed by atoms with Crippen molar-refractivity contribution in [1.82, 2.24) is 14.1 Å². The Morgan fingerprint density at radius 2 is 1.38 bits per heavy atom. The molecule has 0 radical (unpaired) electrons. The molecule has 3 aliphatic rings. The average molecular weight is 631 g/mol. The third-order valence-corrected chi connectivity index (χ3v) is 11.7. The summed E-state index contributed by atoms with van der Waals surface area (Å²) in [4.78, 5) is 18.5. The summed E-state index contributed by atoms with van der Waals surface area (Å²) in [6, 6.07) is 26.3. The van der Waals surface area contributed by atoms with Gasteiger partial charge in [0.2, 0.25) is 15.9 Å². The van der Waals surface area contributed by atoms with Crippen LogP contribution in [-0.4, -0.2) is 79.8 Å². The Labute approximate surface area is 268 Å². The number of sulfonamides is 1. The molecule has 2 N–H and O–H groups in total. The van der Waals surface area contributed by atoms with Crippen LogP contribution in [-0.2, 0) is 14.8 Å². The van der Waals surface area contributed by atoms with Crippen LogP contribution in [0, 0.1) is 5.92 Å². The molecule has 0 unspecified atom stereocenters. The molecule has 0 aromatic heterocycles. The summed E-state index contributed by atoms with van der Waals surface area (Å²) < 4.78 is 36.0. The number of piperazine rings is 1. The third-order valence-electron chi connectivity index (χ3n) is 9.74. The highest BCUT2D eigenvalue weighted by molar-refractivity contribution is 7.89. The second-order valence-electron chi connectivity index (χ2n) is 12.8. The van der Waals surface area contributed by atoms with E-state index in [1.807, 2.05) is 41.3 Å². The van der Waals surface area contributed by atoms with Gasteiger partial charge in [-0.2, -0.15) is 4.31 Å². The molecule has 0 spiro atoms. The van der Waals surface area contributed by atoms with Crippen LogP contribution in [0.3, 0.4) is 0 Å². The van der Waals surface area contributed by atoms with Crippen LogP contribution in [0.5, 0.6) is 5.75 Å². The van der Waals surface area contributed by atoms with Crippen molar-refractivity contribution >= 4 is 15.9 Å². The van der Waals surface area contributed by atoms with Crippen LogP contribution in [0.25, 0.3) is 0 Å². The van der Waals surface area contributed by atoms with Crippen LogP contribution >= 0.6 is 0 Å². The molecule has 6 rings (SSSR count). The lowest BCUT2D eigenvalue weighted by atomic mass is 9.90. The van der Waals surface area contributed by atoms with Crippen LogP contribution in [0.4, 0.5) is 0 Å². The molecule has 2 saturated heterocycles. The first-order valence-corrected chi connectivity index (χ1v) is 18.0. The van der Waals surface area contributed by atoms with Crippen molar-refractivity contribution in [2.24, 2.45) is 11.7 Å². The van der Waals surface area contributed by atoms with Gasteiger partial charge in [-0.1, -0.05) is 79.9 Å². The maximum absolute atomic E-state index is 14.2. The normalized spacial score (nSPS) is 21.2. The lowest BCUT2D eigenvalue weighted by Crippen LogP contribution is -2.62. The second kappa shape index (κ2) is 14.5. The van der Waals surface area contributed by atoms with Crippen molar-refractivity contribution in [2.75, 3.05) is 39.3 Å². The minimum Gasteiger partial charge on any atom is -0.493 e. The number of rotatable bonds is 9. The zero-order valence-electron chi connectivity index (χ0n) is 26.0. The molecule has 3 aromatic carbocycles. The van der Waals surface area contributed by atoms with Gasteiger partial charge < -0.3 is 15.4 Å². The van der Waals surface area contributed by atoms with Gasteiger partial charge in [-0.15, -0.1) is 0 Å². The number of piperidine rings is 1. The zero-order valence-corrected chi connectivity index (χ0v) is 26.9. The summed E-state index contributed by atoms with van der Waals surface area (Å²) in [6.07, 6.45) is 7.60. The summed E-state index contributed by atoms with van der Waals surface area (Å²) >= 11 is 0. The highest BCUT2D eigenvalue weighted by Gasteiger charge is 2.44. The van der Waals surface area contributed by atoms with Crippen LogP contribution in [0.2, 0.25) is 0 Å². The van der Waals surface area contributed by atoms with Gasteiger partial charge in [-0.05, 0) is 67.0 Å². The summed E-state index contributed by atoms with van der Waals surface area (Å²) in [5.41, 5.74) is 8.37. The standard InChI is InChI=1S/C36H46N4O4S/c37-31-20-22-38(23-21-31)36(41)34-26-39(35(29-12-6-2-7-13-29)30-14-8-3-9-15-30)24-25-40(34)45(42,43)33-18-16-32(17-19-33)44-27-28-10-4-1-5-11-28/h2-3,6-9,12-19,28,31,34-35H,1,4-5,10-11,20-27,37H2/t34-/m1/s1. The summed E-state index contributed by atoms with van der Waals surface area (Å²) in [6.45, 7) is 2.73. The average Bonchev–Trinajstić information content (AvgIpc) is 3.09. The number of carbonyl (C=O) groups excluding carboxylic acids is 1. The first kappa shape index (κ1) is 31.7. The summed E-state index contributed by atoms with van der Waals surface area (Å²) in [7, 11) is -3.96. The fourth-order valence-corrected chi connectivity index (χ4v) is 8.70. The quantitative estimate of drug-likeness (QED) is 0.355. The number of likely N-dealkylation sites (tertiary alicyclic amines) is 1. The molecule has 1 saturated carbocycles. The van der Waals surface area contributed by atoms with Gasteiger partial charge in [0.1, 0.15) is 11.8 Å². The number of hydrogen-bond acceptors (Lipinski definition) is 6. The minimum absolute atomic E-state index is 0.0659. The predicted molar refractivity (Wildman–Crippen MR) is 176 cm³/mol. The molecular weight excluding hydrogens is 584 g/mol. The number of benzene rings is 3. The summed E-state index contributed by atoms with van der Waals surface area (Å²) in [5.74, 6) is 1.09.